The second-order valence-corrected chi connectivity index (χ2v) is 9.59. The monoisotopic (exact) mass is 441 g/mol. The Morgan fingerprint density at radius 2 is 1.78 bits per heavy atom. The third-order valence-corrected chi connectivity index (χ3v) is 7.22. The number of morpholine rings is 1. The number of benzene rings is 1. The summed E-state index contributed by atoms with van der Waals surface area (Å²) in [6.07, 6.45) is 6.22. The normalized spacial score (nSPS) is 21.8. The summed E-state index contributed by atoms with van der Waals surface area (Å²) in [4.78, 5) is 21.7. The second kappa shape index (κ2) is 8.19. The summed E-state index contributed by atoms with van der Waals surface area (Å²) in [5.41, 5.74) is 1.43. The number of carbonyl (C=O) groups excluding carboxylic acids is 1. The number of likely N-dealkylation sites (tertiary alicyclic amines) is 1. The van der Waals surface area contributed by atoms with Gasteiger partial charge in [0.25, 0.3) is 5.91 Å². The standard InChI is InChI=1S/C25H29F2N3O2/c1-18-4-3-12-28-21(18)7-13-29-14-10-25(11-15-29)17-30(16-24(32-25)8-9-24)23(31)19-5-2-6-20(26)22(19)27/h2-6,12H,7-11,13-17H2,1H3. The first-order valence-corrected chi connectivity index (χ1v) is 11.5. The van der Waals surface area contributed by atoms with Crippen LogP contribution < -0.4 is 0 Å². The van der Waals surface area contributed by atoms with Crippen LogP contribution in [0.5, 0.6) is 0 Å². The third kappa shape index (κ3) is 4.16. The van der Waals surface area contributed by atoms with Crippen molar-refractivity contribution >= 4 is 5.91 Å². The zero-order valence-corrected chi connectivity index (χ0v) is 18.4. The number of halogens is 2. The largest absolute Gasteiger partial charge is 0.365 e. The fraction of sp³-hybridized carbons (Fsp3) is 0.520. The van der Waals surface area contributed by atoms with E-state index < -0.39 is 23.1 Å². The van der Waals surface area contributed by atoms with Crippen molar-refractivity contribution in [2.24, 2.45) is 0 Å². The molecule has 5 rings (SSSR count). The highest BCUT2D eigenvalue weighted by atomic mass is 19.2. The van der Waals surface area contributed by atoms with E-state index in [1.165, 1.54) is 17.7 Å². The van der Waals surface area contributed by atoms with Crippen LogP contribution in [0.1, 0.15) is 47.3 Å². The molecule has 0 radical (unpaired) electrons. The van der Waals surface area contributed by atoms with Crippen molar-refractivity contribution in [2.75, 3.05) is 32.7 Å². The van der Waals surface area contributed by atoms with E-state index in [-0.39, 0.29) is 11.2 Å². The van der Waals surface area contributed by atoms with Gasteiger partial charge in [0.15, 0.2) is 11.6 Å². The van der Waals surface area contributed by atoms with Crippen molar-refractivity contribution < 1.29 is 18.3 Å². The van der Waals surface area contributed by atoms with Crippen molar-refractivity contribution in [3.05, 3.63) is 65.0 Å². The molecule has 32 heavy (non-hydrogen) atoms. The van der Waals surface area contributed by atoms with Crippen LogP contribution in [0.15, 0.2) is 36.5 Å². The number of ether oxygens (including phenoxy) is 1. The van der Waals surface area contributed by atoms with Gasteiger partial charge in [-0.15, -0.1) is 0 Å². The van der Waals surface area contributed by atoms with Gasteiger partial charge in [-0.2, -0.15) is 0 Å². The predicted octanol–water partition coefficient (Wildman–Crippen LogP) is 3.75. The van der Waals surface area contributed by atoms with Crippen LogP contribution >= 0.6 is 0 Å². The van der Waals surface area contributed by atoms with Gasteiger partial charge in [0.1, 0.15) is 0 Å². The lowest BCUT2D eigenvalue weighted by atomic mass is 9.87. The summed E-state index contributed by atoms with van der Waals surface area (Å²) in [7, 11) is 0. The number of amides is 1. The topological polar surface area (TPSA) is 45.7 Å². The molecule has 1 aromatic carbocycles. The maximum atomic E-state index is 14.3. The number of aryl methyl sites for hydroxylation is 1. The molecule has 3 aliphatic rings. The number of piperidine rings is 1. The van der Waals surface area contributed by atoms with Gasteiger partial charge in [-0.25, -0.2) is 8.78 Å². The molecule has 7 heteroatoms. The van der Waals surface area contributed by atoms with Crippen LogP contribution in [0.2, 0.25) is 0 Å². The summed E-state index contributed by atoms with van der Waals surface area (Å²) < 4.78 is 34.6. The Morgan fingerprint density at radius 1 is 1.06 bits per heavy atom. The van der Waals surface area contributed by atoms with Crippen LogP contribution in [0.25, 0.3) is 0 Å². The van der Waals surface area contributed by atoms with Gasteiger partial charge in [-0.3, -0.25) is 9.78 Å². The van der Waals surface area contributed by atoms with Crippen LogP contribution in [0, 0.1) is 18.6 Å². The average Bonchev–Trinajstić information content (AvgIpc) is 3.53. The van der Waals surface area contributed by atoms with Crippen molar-refractivity contribution in [1.29, 1.82) is 0 Å². The lowest BCUT2D eigenvalue weighted by Gasteiger charge is -2.50. The number of hydrogen-bond donors (Lipinski definition) is 0. The van der Waals surface area contributed by atoms with E-state index in [1.807, 2.05) is 12.3 Å². The van der Waals surface area contributed by atoms with E-state index in [4.69, 9.17) is 4.74 Å². The maximum Gasteiger partial charge on any atom is 0.257 e. The summed E-state index contributed by atoms with van der Waals surface area (Å²) in [6.45, 7) is 5.68. The number of rotatable bonds is 4. The fourth-order valence-corrected chi connectivity index (χ4v) is 5.15. The molecule has 1 aromatic heterocycles. The molecular formula is C25H29F2N3O2. The summed E-state index contributed by atoms with van der Waals surface area (Å²) in [5, 5.41) is 0. The van der Waals surface area contributed by atoms with Gasteiger partial charge < -0.3 is 14.5 Å². The van der Waals surface area contributed by atoms with Crippen molar-refractivity contribution in [2.45, 2.75) is 50.2 Å². The van der Waals surface area contributed by atoms with Gasteiger partial charge in [0, 0.05) is 37.9 Å². The molecule has 170 valence electrons. The van der Waals surface area contributed by atoms with E-state index in [2.05, 4.69) is 22.9 Å². The van der Waals surface area contributed by atoms with Gasteiger partial charge in [0.2, 0.25) is 0 Å². The summed E-state index contributed by atoms with van der Waals surface area (Å²) >= 11 is 0. The molecule has 0 unspecified atom stereocenters. The van der Waals surface area contributed by atoms with Gasteiger partial charge in [-0.1, -0.05) is 12.1 Å². The van der Waals surface area contributed by atoms with Gasteiger partial charge in [0.05, 0.1) is 29.9 Å². The van der Waals surface area contributed by atoms with E-state index in [9.17, 15) is 13.6 Å². The van der Waals surface area contributed by atoms with Crippen molar-refractivity contribution in [3.8, 4) is 0 Å². The van der Waals surface area contributed by atoms with Gasteiger partial charge in [-0.05, 0) is 56.4 Å². The molecule has 3 heterocycles. The first-order chi connectivity index (χ1) is 15.4. The Morgan fingerprint density at radius 3 is 2.47 bits per heavy atom. The highest BCUT2D eigenvalue weighted by Gasteiger charge is 2.56. The third-order valence-electron chi connectivity index (χ3n) is 7.22. The summed E-state index contributed by atoms with van der Waals surface area (Å²) in [6, 6.07) is 7.84. The Kier molecular flexibility index (Phi) is 5.50. The highest BCUT2D eigenvalue weighted by molar-refractivity contribution is 5.94. The smallest absolute Gasteiger partial charge is 0.257 e. The van der Waals surface area contributed by atoms with Crippen molar-refractivity contribution in [3.63, 3.8) is 0 Å². The predicted molar refractivity (Wildman–Crippen MR) is 116 cm³/mol. The molecule has 1 aliphatic carbocycles. The highest BCUT2D eigenvalue weighted by Crippen LogP contribution is 2.49. The number of nitrogens with zero attached hydrogens (tertiary/aromatic N) is 3. The lowest BCUT2D eigenvalue weighted by Crippen LogP contribution is -2.61. The Labute approximate surface area is 187 Å². The molecule has 0 bridgehead atoms. The van der Waals surface area contributed by atoms with E-state index in [0.717, 1.165) is 63.5 Å². The molecule has 0 N–H and O–H groups in total. The number of hydrogen-bond acceptors (Lipinski definition) is 4. The minimum atomic E-state index is -1.07. The Balaban J connectivity index is 1.25. The van der Waals surface area contributed by atoms with Crippen molar-refractivity contribution in [1.82, 2.24) is 14.8 Å². The first kappa shape index (κ1) is 21.5. The van der Waals surface area contributed by atoms with E-state index in [1.54, 1.807) is 4.90 Å². The molecule has 2 aliphatic heterocycles. The van der Waals surface area contributed by atoms with Crippen LogP contribution in [-0.4, -0.2) is 64.6 Å². The Hall–Kier alpha value is -2.38. The molecule has 0 atom stereocenters. The lowest BCUT2D eigenvalue weighted by molar-refractivity contribution is -0.179. The van der Waals surface area contributed by atoms with E-state index in [0.29, 0.717) is 13.1 Å². The van der Waals surface area contributed by atoms with E-state index >= 15 is 0 Å². The average molecular weight is 442 g/mol. The SMILES string of the molecule is Cc1cccnc1CCN1CCC2(CC1)CN(C(=O)c1cccc(F)c1F)CC1(CC1)O2. The first-order valence-electron chi connectivity index (χ1n) is 11.5. The Bertz CT molecular complexity index is 1020. The molecular weight excluding hydrogens is 412 g/mol. The minimum absolute atomic E-state index is 0.194. The molecule has 2 spiro atoms. The number of aromatic nitrogens is 1. The van der Waals surface area contributed by atoms with Crippen LogP contribution in [0.4, 0.5) is 8.78 Å². The number of pyridine rings is 1. The summed E-state index contributed by atoms with van der Waals surface area (Å²) in [5.74, 6) is -2.50. The fourth-order valence-electron chi connectivity index (χ4n) is 5.15. The molecule has 2 saturated heterocycles. The zero-order chi connectivity index (χ0) is 22.3. The van der Waals surface area contributed by atoms with Gasteiger partial charge >= 0.3 is 0 Å². The quantitative estimate of drug-likeness (QED) is 0.725. The molecule has 1 amide bonds. The van der Waals surface area contributed by atoms with Crippen LogP contribution in [0.3, 0.4) is 0 Å². The molecule has 3 fully saturated rings. The minimum Gasteiger partial charge on any atom is -0.365 e. The van der Waals surface area contributed by atoms with Crippen LogP contribution in [-0.2, 0) is 11.2 Å². The molecule has 5 nitrogen and oxygen atoms in total. The maximum absolute atomic E-state index is 14.3. The number of carbonyl (C=O) groups is 1. The molecule has 2 aromatic rings. The molecule has 1 saturated carbocycles. The second-order valence-electron chi connectivity index (χ2n) is 9.59. The zero-order valence-electron chi connectivity index (χ0n) is 18.4.